The first-order valence-corrected chi connectivity index (χ1v) is 6.58. The average Bonchev–Trinajstić information content (AvgIpc) is 2.97. The highest BCUT2D eigenvalue weighted by molar-refractivity contribution is 7.08. The number of aryl methyl sites for hydroxylation is 1. The Morgan fingerprint density at radius 3 is 2.84 bits per heavy atom. The van der Waals surface area contributed by atoms with Crippen molar-refractivity contribution < 1.29 is 14.7 Å². The van der Waals surface area contributed by atoms with Gasteiger partial charge in [0.15, 0.2) is 5.69 Å². The maximum Gasteiger partial charge on any atom is 0.356 e. The van der Waals surface area contributed by atoms with Gasteiger partial charge in [0.1, 0.15) is 0 Å². The molecule has 0 atom stereocenters. The van der Waals surface area contributed by atoms with E-state index in [4.69, 9.17) is 5.11 Å². The molecule has 0 unspecified atom stereocenters. The van der Waals surface area contributed by atoms with E-state index in [-0.39, 0.29) is 11.6 Å². The number of carbonyl (C=O) groups is 2. The molecule has 2 N–H and O–H groups in total. The van der Waals surface area contributed by atoms with Gasteiger partial charge < -0.3 is 15.0 Å². The van der Waals surface area contributed by atoms with E-state index in [1.54, 1.807) is 4.57 Å². The van der Waals surface area contributed by atoms with Crippen LogP contribution in [0.15, 0.2) is 23.3 Å². The van der Waals surface area contributed by atoms with E-state index in [0.717, 1.165) is 5.56 Å². The molecule has 7 heteroatoms. The van der Waals surface area contributed by atoms with Crippen LogP contribution in [0.4, 0.5) is 0 Å². The second kappa shape index (κ2) is 5.66. The van der Waals surface area contributed by atoms with Crippen molar-refractivity contribution in [2.24, 2.45) is 0 Å². The second-order valence-corrected chi connectivity index (χ2v) is 4.77. The summed E-state index contributed by atoms with van der Waals surface area (Å²) in [4.78, 5) is 26.2. The summed E-state index contributed by atoms with van der Waals surface area (Å²) >= 11 is 1.49. The summed E-state index contributed by atoms with van der Waals surface area (Å²) in [5.41, 5.74) is 1.64. The SMILES string of the molecule is Cc1cscc1C(=O)NCCn1cnc(C(=O)O)c1. The first-order valence-electron chi connectivity index (χ1n) is 5.64. The molecule has 2 heterocycles. The topological polar surface area (TPSA) is 84.2 Å². The molecular weight excluding hydrogens is 266 g/mol. The highest BCUT2D eigenvalue weighted by Crippen LogP contribution is 2.12. The van der Waals surface area contributed by atoms with Crippen LogP contribution in [0, 0.1) is 6.92 Å². The van der Waals surface area contributed by atoms with Crippen molar-refractivity contribution in [3.05, 3.63) is 40.1 Å². The van der Waals surface area contributed by atoms with Crippen LogP contribution >= 0.6 is 11.3 Å². The highest BCUT2D eigenvalue weighted by Gasteiger charge is 2.09. The molecule has 0 fully saturated rings. The Kier molecular flexibility index (Phi) is 3.96. The Morgan fingerprint density at radius 1 is 1.47 bits per heavy atom. The molecule has 0 saturated carbocycles. The fourth-order valence-corrected chi connectivity index (χ4v) is 2.41. The Balaban J connectivity index is 1.85. The lowest BCUT2D eigenvalue weighted by atomic mass is 10.2. The van der Waals surface area contributed by atoms with E-state index < -0.39 is 5.97 Å². The van der Waals surface area contributed by atoms with Crippen LogP contribution < -0.4 is 5.32 Å². The molecule has 2 rings (SSSR count). The van der Waals surface area contributed by atoms with Crippen LogP contribution in [0.1, 0.15) is 26.4 Å². The summed E-state index contributed by atoms with van der Waals surface area (Å²) < 4.78 is 1.63. The molecule has 100 valence electrons. The van der Waals surface area contributed by atoms with Crippen molar-refractivity contribution in [1.82, 2.24) is 14.9 Å². The van der Waals surface area contributed by atoms with E-state index >= 15 is 0 Å². The number of hydrogen-bond donors (Lipinski definition) is 2. The molecule has 1 amide bonds. The van der Waals surface area contributed by atoms with Crippen molar-refractivity contribution >= 4 is 23.2 Å². The Labute approximate surface area is 113 Å². The van der Waals surface area contributed by atoms with Gasteiger partial charge in [-0.1, -0.05) is 0 Å². The van der Waals surface area contributed by atoms with Crippen molar-refractivity contribution in [2.75, 3.05) is 6.54 Å². The maximum absolute atomic E-state index is 11.8. The van der Waals surface area contributed by atoms with Gasteiger partial charge in [-0.25, -0.2) is 9.78 Å². The van der Waals surface area contributed by atoms with Gasteiger partial charge in [-0.15, -0.1) is 0 Å². The molecule has 6 nitrogen and oxygen atoms in total. The number of carbonyl (C=O) groups excluding carboxylic acids is 1. The molecule has 0 aliphatic rings. The molecule has 19 heavy (non-hydrogen) atoms. The standard InChI is InChI=1S/C12H13N3O3S/c1-8-5-19-6-9(8)11(16)13-2-3-15-4-10(12(17)18)14-7-15/h4-7H,2-3H2,1H3,(H,13,16)(H,17,18). The fraction of sp³-hybridized carbons (Fsp3) is 0.250. The van der Waals surface area contributed by atoms with Crippen LogP contribution in [0.3, 0.4) is 0 Å². The normalized spacial score (nSPS) is 10.4. The number of imidazole rings is 1. The summed E-state index contributed by atoms with van der Waals surface area (Å²) in [5, 5.41) is 15.2. The average molecular weight is 279 g/mol. The first-order chi connectivity index (χ1) is 9.08. The predicted molar refractivity (Wildman–Crippen MR) is 70.6 cm³/mol. The quantitative estimate of drug-likeness (QED) is 0.866. The molecule has 0 radical (unpaired) electrons. The minimum atomic E-state index is -1.06. The Hall–Kier alpha value is -2.15. The Bertz CT molecular complexity index is 603. The van der Waals surface area contributed by atoms with Crippen LogP contribution in [0.5, 0.6) is 0 Å². The third kappa shape index (κ3) is 3.19. The number of nitrogens with one attached hydrogen (secondary N) is 1. The summed E-state index contributed by atoms with van der Waals surface area (Å²) in [6.07, 6.45) is 2.87. The van der Waals surface area contributed by atoms with Crippen molar-refractivity contribution in [1.29, 1.82) is 0 Å². The minimum absolute atomic E-state index is 0.00000514. The number of rotatable bonds is 5. The van der Waals surface area contributed by atoms with Gasteiger partial charge in [0.05, 0.1) is 11.9 Å². The summed E-state index contributed by atoms with van der Waals surface area (Å²) in [6, 6.07) is 0. The van der Waals surface area contributed by atoms with E-state index in [1.807, 2.05) is 17.7 Å². The number of thiophene rings is 1. The number of hydrogen-bond acceptors (Lipinski definition) is 4. The molecule has 2 aromatic heterocycles. The lowest BCUT2D eigenvalue weighted by Crippen LogP contribution is -2.27. The number of carboxylic acid groups (broad SMARTS) is 1. The minimum Gasteiger partial charge on any atom is -0.476 e. The molecule has 0 aliphatic heterocycles. The van der Waals surface area contributed by atoms with Crippen LogP contribution in [-0.4, -0.2) is 33.1 Å². The van der Waals surface area contributed by atoms with Gasteiger partial charge in [-0.3, -0.25) is 4.79 Å². The number of carboxylic acids is 1. The predicted octanol–water partition coefficient (Wildman–Crippen LogP) is 1.38. The van der Waals surface area contributed by atoms with E-state index in [0.29, 0.717) is 18.7 Å². The van der Waals surface area contributed by atoms with Crippen LogP contribution in [0.25, 0.3) is 0 Å². The van der Waals surface area contributed by atoms with Crippen molar-refractivity contribution in [2.45, 2.75) is 13.5 Å². The smallest absolute Gasteiger partial charge is 0.356 e. The summed E-state index contributed by atoms with van der Waals surface area (Å²) in [7, 11) is 0. The Morgan fingerprint density at radius 2 is 2.26 bits per heavy atom. The molecule has 0 bridgehead atoms. The molecule has 2 aromatic rings. The van der Waals surface area contributed by atoms with E-state index in [9.17, 15) is 9.59 Å². The fourth-order valence-electron chi connectivity index (χ4n) is 1.58. The zero-order chi connectivity index (χ0) is 13.8. The van der Waals surface area contributed by atoms with E-state index in [1.165, 1.54) is 23.9 Å². The maximum atomic E-state index is 11.8. The van der Waals surface area contributed by atoms with Crippen LogP contribution in [0.2, 0.25) is 0 Å². The molecule has 0 aromatic carbocycles. The molecule has 0 saturated heterocycles. The van der Waals surface area contributed by atoms with Gasteiger partial charge in [-0.05, 0) is 17.9 Å². The van der Waals surface area contributed by atoms with Crippen molar-refractivity contribution in [3.8, 4) is 0 Å². The van der Waals surface area contributed by atoms with Gasteiger partial charge in [0.2, 0.25) is 0 Å². The first kappa shape index (κ1) is 13.3. The lowest BCUT2D eigenvalue weighted by Gasteiger charge is -2.05. The van der Waals surface area contributed by atoms with Gasteiger partial charge in [0, 0.05) is 24.7 Å². The van der Waals surface area contributed by atoms with Crippen molar-refractivity contribution in [3.63, 3.8) is 0 Å². The van der Waals surface area contributed by atoms with E-state index in [2.05, 4.69) is 10.3 Å². The van der Waals surface area contributed by atoms with Gasteiger partial charge in [0.25, 0.3) is 5.91 Å². The molecular formula is C12H13N3O3S. The third-order valence-corrected chi connectivity index (χ3v) is 3.47. The number of aromatic nitrogens is 2. The third-order valence-electron chi connectivity index (χ3n) is 2.61. The highest BCUT2D eigenvalue weighted by atomic mass is 32.1. The lowest BCUT2D eigenvalue weighted by molar-refractivity contribution is 0.0690. The monoisotopic (exact) mass is 279 g/mol. The zero-order valence-corrected chi connectivity index (χ0v) is 11.1. The second-order valence-electron chi connectivity index (χ2n) is 4.03. The largest absolute Gasteiger partial charge is 0.476 e. The number of amides is 1. The van der Waals surface area contributed by atoms with Crippen LogP contribution in [-0.2, 0) is 6.54 Å². The summed E-state index contributed by atoms with van der Waals surface area (Å²) in [5.74, 6) is -1.17. The number of nitrogens with zero attached hydrogens (tertiary/aromatic N) is 2. The zero-order valence-electron chi connectivity index (χ0n) is 10.3. The number of aromatic carboxylic acids is 1. The summed E-state index contributed by atoms with van der Waals surface area (Å²) in [6.45, 7) is 2.79. The van der Waals surface area contributed by atoms with Gasteiger partial charge >= 0.3 is 5.97 Å². The van der Waals surface area contributed by atoms with Gasteiger partial charge in [-0.2, -0.15) is 11.3 Å². The molecule has 0 spiro atoms. The molecule has 0 aliphatic carbocycles.